The molecule has 6 rings (SSSR count). The molecule has 2 amide bonds. The molecule has 0 radical (unpaired) electrons. The molecule has 260 valence electrons. The van der Waals surface area contributed by atoms with Crippen LogP contribution in [0.15, 0.2) is 71.9 Å². The number of halogens is 3. The van der Waals surface area contributed by atoms with Crippen molar-refractivity contribution >= 4 is 46.6 Å². The van der Waals surface area contributed by atoms with Gasteiger partial charge in [0.1, 0.15) is 5.69 Å². The van der Waals surface area contributed by atoms with Gasteiger partial charge in [-0.2, -0.15) is 13.2 Å². The molecule has 2 aromatic carbocycles. The van der Waals surface area contributed by atoms with Crippen molar-refractivity contribution in [2.75, 3.05) is 56.9 Å². The summed E-state index contributed by atoms with van der Waals surface area (Å²) in [6, 6.07) is 14.6. The number of carbonyl (C=O) groups is 2. The Morgan fingerprint density at radius 3 is 2.46 bits per heavy atom. The molecule has 4 heterocycles. The molecular weight excluding hydrogens is 647 g/mol. The zero-order valence-corrected chi connectivity index (χ0v) is 27.6. The van der Waals surface area contributed by atoms with E-state index in [4.69, 9.17) is 16.6 Å². The van der Waals surface area contributed by atoms with Gasteiger partial charge in [0, 0.05) is 67.5 Å². The van der Waals surface area contributed by atoms with Crippen molar-refractivity contribution in [3.05, 3.63) is 94.8 Å². The Kier molecular flexibility index (Phi) is 9.56. The van der Waals surface area contributed by atoms with Crippen LogP contribution in [-0.4, -0.2) is 90.8 Å². The lowest BCUT2D eigenvalue weighted by Gasteiger charge is -2.29. The van der Waals surface area contributed by atoms with Gasteiger partial charge in [-0.3, -0.25) is 30.3 Å². The molecule has 2 fully saturated rings. The molecule has 2 saturated heterocycles. The topological polar surface area (TPSA) is 155 Å². The maximum Gasteiger partial charge on any atom is 0.433 e. The second kappa shape index (κ2) is 13.9. The van der Waals surface area contributed by atoms with Crippen molar-refractivity contribution in [3.63, 3.8) is 0 Å². The SMILES string of the molecule is CN/C=N\C(=N)c1ccc(C2=CCN(C(=O)CN3CC[C@]4(CCN(c5ccc(N)c(C(=N)c6ccc(C(F)(F)F)nc6)c5)C4=O)C3)CC2)cc1. The highest BCUT2D eigenvalue weighted by atomic mass is 19.4. The molecule has 14 heteroatoms. The third kappa shape index (κ3) is 7.01. The number of hydrogen-bond acceptors (Lipinski definition) is 7. The summed E-state index contributed by atoms with van der Waals surface area (Å²) in [6.45, 7) is 2.88. The number of nitrogens with one attached hydrogen (secondary N) is 3. The van der Waals surface area contributed by atoms with E-state index in [0.717, 1.165) is 23.4 Å². The minimum atomic E-state index is -4.59. The number of likely N-dealkylation sites (tertiary alicyclic amines) is 1. The number of rotatable bonds is 8. The van der Waals surface area contributed by atoms with Gasteiger partial charge in [0.2, 0.25) is 11.8 Å². The summed E-state index contributed by atoms with van der Waals surface area (Å²) in [5.74, 6) is 0.140. The molecule has 11 nitrogen and oxygen atoms in total. The van der Waals surface area contributed by atoms with E-state index in [1.807, 2.05) is 29.2 Å². The molecule has 0 aliphatic carbocycles. The zero-order valence-electron chi connectivity index (χ0n) is 27.6. The third-order valence-corrected chi connectivity index (χ3v) is 9.68. The van der Waals surface area contributed by atoms with E-state index < -0.39 is 17.3 Å². The fourth-order valence-electron chi connectivity index (χ4n) is 6.83. The predicted molar refractivity (Wildman–Crippen MR) is 186 cm³/mol. The van der Waals surface area contributed by atoms with Crippen LogP contribution in [0.25, 0.3) is 5.57 Å². The molecule has 50 heavy (non-hydrogen) atoms. The molecule has 1 spiro atoms. The quantitative estimate of drug-likeness (QED) is 0.156. The van der Waals surface area contributed by atoms with Gasteiger partial charge in [0.15, 0.2) is 5.84 Å². The number of benzene rings is 2. The van der Waals surface area contributed by atoms with Crippen LogP contribution in [0, 0.1) is 16.2 Å². The van der Waals surface area contributed by atoms with Gasteiger partial charge in [-0.25, -0.2) is 4.99 Å². The van der Waals surface area contributed by atoms with Crippen molar-refractivity contribution in [2.45, 2.75) is 25.4 Å². The minimum absolute atomic E-state index is 0.0188. The number of nitrogens with zero attached hydrogens (tertiary/aromatic N) is 5. The van der Waals surface area contributed by atoms with Crippen molar-refractivity contribution < 1.29 is 22.8 Å². The second-order valence-electron chi connectivity index (χ2n) is 12.8. The van der Waals surface area contributed by atoms with Gasteiger partial charge in [0.05, 0.1) is 24.0 Å². The van der Waals surface area contributed by atoms with E-state index in [1.165, 1.54) is 12.4 Å². The smallest absolute Gasteiger partial charge is 0.398 e. The number of aliphatic imine (C=N–C) groups is 1. The average Bonchev–Trinajstić information content (AvgIpc) is 3.68. The van der Waals surface area contributed by atoms with Gasteiger partial charge in [-0.05, 0) is 67.3 Å². The summed E-state index contributed by atoms with van der Waals surface area (Å²) < 4.78 is 38.9. The first-order valence-corrected chi connectivity index (χ1v) is 16.3. The number of nitrogens with two attached hydrogens (primary N) is 1. The molecule has 0 bridgehead atoms. The Morgan fingerprint density at radius 1 is 1.06 bits per heavy atom. The Morgan fingerprint density at radius 2 is 1.80 bits per heavy atom. The molecule has 1 atom stereocenters. The van der Waals surface area contributed by atoms with Gasteiger partial charge < -0.3 is 20.9 Å². The number of amides is 2. The van der Waals surface area contributed by atoms with Crippen molar-refractivity contribution in [2.24, 2.45) is 10.4 Å². The van der Waals surface area contributed by atoms with Gasteiger partial charge in [-0.15, -0.1) is 0 Å². The van der Waals surface area contributed by atoms with Crippen LogP contribution in [-0.2, 0) is 15.8 Å². The van der Waals surface area contributed by atoms with Crippen LogP contribution in [0.4, 0.5) is 24.5 Å². The third-order valence-electron chi connectivity index (χ3n) is 9.68. The lowest BCUT2D eigenvalue weighted by Crippen LogP contribution is -2.43. The van der Waals surface area contributed by atoms with Gasteiger partial charge in [0.25, 0.3) is 0 Å². The van der Waals surface area contributed by atoms with Gasteiger partial charge in [-0.1, -0.05) is 30.3 Å². The van der Waals surface area contributed by atoms with Crippen molar-refractivity contribution in [1.82, 2.24) is 20.1 Å². The highest BCUT2D eigenvalue weighted by molar-refractivity contribution is 6.14. The lowest BCUT2D eigenvalue weighted by molar-refractivity contribution is -0.141. The fraction of sp³-hybridized carbons (Fsp3) is 0.333. The molecule has 5 N–H and O–H groups in total. The number of amidine groups is 1. The summed E-state index contributed by atoms with van der Waals surface area (Å²) in [7, 11) is 1.73. The van der Waals surface area contributed by atoms with Crippen LogP contribution in [0.5, 0.6) is 0 Å². The average molecular weight is 686 g/mol. The fourth-order valence-corrected chi connectivity index (χ4v) is 6.83. The van der Waals surface area contributed by atoms with E-state index in [2.05, 4.69) is 26.3 Å². The number of aromatic nitrogens is 1. The number of alkyl halides is 3. The Bertz CT molecular complexity index is 1870. The number of nitrogen functional groups attached to an aromatic ring is 1. The molecule has 3 aliphatic heterocycles. The number of anilines is 2. The molecule has 0 saturated carbocycles. The summed E-state index contributed by atoms with van der Waals surface area (Å²) in [5, 5.41) is 19.4. The predicted octanol–water partition coefficient (Wildman–Crippen LogP) is 4.42. The lowest BCUT2D eigenvalue weighted by atomic mass is 9.85. The van der Waals surface area contributed by atoms with E-state index in [1.54, 1.807) is 30.1 Å². The van der Waals surface area contributed by atoms with E-state index in [9.17, 15) is 22.8 Å². The zero-order chi connectivity index (χ0) is 35.6. The normalized spacial score (nSPS) is 19.8. The summed E-state index contributed by atoms with van der Waals surface area (Å²) >= 11 is 0. The van der Waals surface area contributed by atoms with Gasteiger partial charge >= 0.3 is 6.18 Å². The standard InChI is InChI=1S/C36H38F3N9O2/c1-43-22-45-33(42)25-4-2-23(3-5-25)24-10-14-47(15-11-24)31(49)20-46-16-12-35(21-46)13-17-48(34(35)50)27-7-8-29(40)28(18-27)32(41)26-6-9-30(44-19-26)36(37,38)39/h2-10,18-19,22,41H,11-17,20-21,40H2,1H3,(H2,42,43,45)/t35-/m0/s1. The highest BCUT2D eigenvalue weighted by Gasteiger charge is 2.51. The first-order valence-electron chi connectivity index (χ1n) is 16.3. The highest BCUT2D eigenvalue weighted by Crippen LogP contribution is 2.43. The first-order chi connectivity index (χ1) is 23.9. The molecular formula is C36H38F3N9O2. The number of hydrogen-bond donors (Lipinski definition) is 4. The summed E-state index contributed by atoms with van der Waals surface area (Å²) in [6.07, 6.45) is 1.91. The van der Waals surface area contributed by atoms with Crippen LogP contribution in [0.3, 0.4) is 0 Å². The maximum atomic E-state index is 13.9. The minimum Gasteiger partial charge on any atom is -0.398 e. The van der Waals surface area contributed by atoms with Crippen LogP contribution in [0.2, 0.25) is 0 Å². The maximum absolute atomic E-state index is 13.9. The monoisotopic (exact) mass is 685 g/mol. The summed E-state index contributed by atoms with van der Waals surface area (Å²) in [5.41, 5.74) is 8.60. The molecule has 0 unspecified atom stereocenters. The van der Waals surface area contributed by atoms with Crippen LogP contribution in [0.1, 0.15) is 47.2 Å². The van der Waals surface area contributed by atoms with E-state index in [0.29, 0.717) is 68.8 Å². The molecule has 3 aromatic rings. The largest absolute Gasteiger partial charge is 0.433 e. The van der Waals surface area contributed by atoms with Crippen molar-refractivity contribution in [1.29, 1.82) is 10.8 Å². The molecule has 1 aromatic heterocycles. The van der Waals surface area contributed by atoms with Crippen molar-refractivity contribution in [3.8, 4) is 0 Å². The van der Waals surface area contributed by atoms with E-state index >= 15 is 0 Å². The number of pyridine rings is 1. The number of carbonyl (C=O) groups excluding carboxylic acids is 2. The van der Waals surface area contributed by atoms with Crippen LogP contribution >= 0.6 is 0 Å². The second-order valence-corrected chi connectivity index (χ2v) is 12.8. The molecule has 3 aliphatic rings. The Hall–Kier alpha value is -5.37. The first kappa shape index (κ1) is 34.5. The van der Waals surface area contributed by atoms with Crippen LogP contribution < -0.4 is 16.0 Å². The summed E-state index contributed by atoms with van der Waals surface area (Å²) in [4.78, 5) is 40.2. The Balaban J connectivity index is 1.05. The Labute approximate surface area is 287 Å². The van der Waals surface area contributed by atoms with E-state index in [-0.39, 0.29) is 41.2 Å².